The van der Waals surface area contributed by atoms with Crippen LogP contribution in [0.3, 0.4) is 0 Å². The van der Waals surface area contributed by atoms with E-state index in [0.717, 1.165) is 12.1 Å². The lowest BCUT2D eigenvalue weighted by Crippen LogP contribution is -2.35. The Hall–Kier alpha value is -2.94. The number of hydrogen-bond donors (Lipinski definition) is 2. The van der Waals surface area contributed by atoms with Gasteiger partial charge in [-0.15, -0.1) is 0 Å². The van der Waals surface area contributed by atoms with Gasteiger partial charge in [0.2, 0.25) is 5.75 Å². The Bertz CT molecular complexity index is 813. The summed E-state index contributed by atoms with van der Waals surface area (Å²) >= 11 is 0. The van der Waals surface area contributed by atoms with Crippen LogP contribution in [0.2, 0.25) is 0 Å². The summed E-state index contributed by atoms with van der Waals surface area (Å²) in [5.41, 5.74) is -1.97. The molecule has 0 spiro atoms. The normalized spacial score (nSPS) is 14.5. The third-order valence-electron chi connectivity index (χ3n) is 3.28. The molecular weight excluding hydrogens is 294 g/mol. The van der Waals surface area contributed by atoms with Gasteiger partial charge in [0.1, 0.15) is 11.1 Å². The second kappa shape index (κ2) is 4.53. The molecule has 1 aliphatic rings. The highest BCUT2D eigenvalue weighted by molar-refractivity contribution is 6.00. The van der Waals surface area contributed by atoms with Crippen LogP contribution in [-0.2, 0) is 0 Å². The molecule has 0 aromatic heterocycles. The predicted molar refractivity (Wildman–Crippen MR) is 75.1 cm³/mol. The lowest BCUT2D eigenvalue weighted by molar-refractivity contribution is 0.0681. The van der Waals surface area contributed by atoms with Crippen LogP contribution in [0.5, 0.6) is 11.5 Å². The standard InChI is InChI=1S/C14H8NO7/c16-13(17)7-3-2-6-10-11(7)15(20,21)9-5-1-4-8(14(18)19)12(9)22-10/h1-6H,(H,16,17)(H,18,19)/q-1. The molecule has 0 bridgehead atoms. The van der Waals surface area contributed by atoms with Crippen molar-refractivity contribution in [2.45, 2.75) is 0 Å². The quantitative estimate of drug-likeness (QED) is 0.644. The van der Waals surface area contributed by atoms with Gasteiger partial charge in [0.15, 0.2) is 17.1 Å². The van der Waals surface area contributed by atoms with Crippen molar-refractivity contribution in [1.29, 1.82) is 0 Å². The molecule has 0 saturated heterocycles. The van der Waals surface area contributed by atoms with E-state index < -0.39 is 33.7 Å². The number of hydrogen-bond acceptors (Lipinski definition) is 5. The molecule has 2 aromatic carbocycles. The Labute approximate surface area is 123 Å². The number of aromatic carboxylic acids is 2. The Kier molecular flexibility index (Phi) is 2.89. The number of para-hydroxylation sites is 2. The minimum absolute atomic E-state index is 0.272. The van der Waals surface area contributed by atoms with Gasteiger partial charge in [0, 0.05) is 6.07 Å². The van der Waals surface area contributed by atoms with E-state index in [1.165, 1.54) is 24.3 Å². The lowest BCUT2D eigenvalue weighted by Gasteiger charge is -2.49. The van der Waals surface area contributed by atoms with E-state index in [0.29, 0.717) is 0 Å². The van der Waals surface area contributed by atoms with Gasteiger partial charge >= 0.3 is 11.9 Å². The fourth-order valence-electron chi connectivity index (χ4n) is 2.34. The fourth-order valence-corrected chi connectivity index (χ4v) is 2.34. The molecule has 0 aliphatic carbocycles. The number of carbonyl (C=O) groups is 2. The van der Waals surface area contributed by atoms with Gasteiger partial charge in [0.05, 0.1) is 0 Å². The molecule has 8 nitrogen and oxygen atoms in total. The highest BCUT2D eigenvalue weighted by atomic mass is 16.8. The first-order valence-electron chi connectivity index (χ1n) is 6.06. The van der Waals surface area contributed by atoms with Crippen molar-refractivity contribution >= 4 is 23.3 Å². The van der Waals surface area contributed by atoms with Crippen LogP contribution in [0.4, 0.5) is 11.4 Å². The third kappa shape index (κ3) is 1.83. The SMILES string of the molecule is O=C(O)c1cccc2c1Oc1cccc(C(=O)O)c1[N+]2([O-])[O-]. The lowest BCUT2D eigenvalue weighted by atomic mass is 10.1. The molecule has 22 heavy (non-hydrogen) atoms. The predicted octanol–water partition coefficient (Wildman–Crippen LogP) is 2.82. The highest BCUT2D eigenvalue weighted by Gasteiger charge is 2.36. The maximum atomic E-state index is 12.5. The number of quaternary nitrogens is 1. The summed E-state index contributed by atoms with van der Waals surface area (Å²) in [6.45, 7) is 0. The van der Waals surface area contributed by atoms with Gasteiger partial charge < -0.3 is 30.2 Å². The number of rotatable bonds is 2. The average Bonchev–Trinajstić information content (AvgIpc) is 2.46. The van der Waals surface area contributed by atoms with Gasteiger partial charge in [-0.3, -0.25) is 0 Å². The van der Waals surface area contributed by atoms with Crippen LogP contribution in [0.25, 0.3) is 0 Å². The van der Waals surface area contributed by atoms with E-state index >= 15 is 0 Å². The zero-order valence-corrected chi connectivity index (χ0v) is 10.8. The maximum absolute atomic E-state index is 12.5. The summed E-state index contributed by atoms with van der Waals surface area (Å²) in [7, 11) is 0. The molecule has 112 valence electrons. The van der Waals surface area contributed by atoms with E-state index in [9.17, 15) is 20.0 Å². The zero-order valence-electron chi connectivity index (χ0n) is 10.8. The molecule has 2 aromatic rings. The second-order valence-corrected chi connectivity index (χ2v) is 4.57. The van der Waals surface area contributed by atoms with Crippen molar-refractivity contribution in [2.75, 3.05) is 0 Å². The van der Waals surface area contributed by atoms with E-state index in [2.05, 4.69) is 0 Å². The molecule has 8 heteroatoms. The molecule has 0 fully saturated rings. The maximum Gasteiger partial charge on any atom is 0.341 e. The van der Waals surface area contributed by atoms with Crippen LogP contribution < -0.4 is 9.55 Å². The van der Waals surface area contributed by atoms with Gasteiger partial charge in [-0.2, -0.15) is 0 Å². The monoisotopic (exact) mass is 302 g/mol. The van der Waals surface area contributed by atoms with E-state index in [1.807, 2.05) is 0 Å². The largest absolute Gasteiger partial charge is 0.620 e. The zero-order chi connectivity index (χ0) is 16.1. The molecule has 0 saturated carbocycles. The van der Waals surface area contributed by atoms with E-state index in [1.54, 1.807) is 0 Å². The smallest absolute Gasteiger partial charge is 0.341 e. The van der Waals surface area contributed by atoms with Crippen molar-refractivity contribution in [3.63, 3.8) is 0 Å². The van der Waals surface area contributed by atoms with Crippen molar-refractivity contribution in [2.24, 2.45) is 0 Å². The highest BCUT2D eigenvalue weighted by Crippen LogP contribution is 2.53. The third-order valence-corrected chi connectivity index (χ3v) is 3.28. The van der Waals surface area contributed by atoms with Gasteiger partial charge in [0.25, 0.3) is 0 Å². The minimum Gasteiger partial charge on any atom is -0.620 e. The Morgan fingerprint density at radius 3 is 2.18 bits per heavy atom. The molecule has 0 unspecified atom stereocenters. The van der Waals surface area contributed by atoms with Crippen LogP contribution >= 0.6 is 0 Å². The number of carboxylic acids is 2. The van der Waals surface area contributed by atoms with Crippen LogP contribution in [0.15, 0.2) is 36.4 Å². The Morgan fingerprint density at radius 2 is 1.55 bits per heavy atom. The van der Waals surface area contributed by atoms with Crippen molar-refractivity contribution < 1.29 is 24.5 Å². The molecule has 3 rings (SSSR count). The number of nitrogens with zero attached hydrogens (tertiary/aromatic N) is 1. The molecule has 2 N–H and O–H groups in total. The number of carboxylic acid groups (broad SMARTS) is 2. The summed E-state index contributed by atoms with van der Waals surface area (Å²) < 4.78 is 5.34. The van der Waals surface area contributed by atoms with Crippen molar-refractivity contribution in [1.82, 2.24) is 4.81 Å². The molecular formula is C14H8NO7-. The van der Waals surface area contributed by atoms with Gasteiger partial charge in [-0.05, 0) is 18.2 Å². The summed E-state index contributed by atoms with van der Waals surface area (Å²) in [6.07, 6.45) is 0. The van der Waals surface area contributed by atoms with Gasteiger partial charge in [-0.25, -0.2) is 9.59 Å². The molecule has 0 amide bonds. The van der Waals surface area contributed by atoms with Gasteiger partial charge in [-0.1, -0.05) is 12.1 Å². The fraction of sp³-hybridized carbons (Fsp3) is 0. The summed E-state index contributed by atoms with van der Waals surface area (Å²) in [6, 6.07) is 7.18. The number of ether oxygens (including phenoxy) is 1. The van der Waals surface area contributed by atoms with E-state index in [-0.39, 0.29) is 17.1 Å². The molecule has 1 heterocycles. The van der Waals surface area contributed by atoms with E-state index in [4.69, 9.17) is 14.9 Å². The number of fused-ring (bicyclic) bond motifs is 2. The first kappa shape index (κ1) is 14.0. The first-order chi connectivity index (χ1) is 10.3. The first-order valence-corrected chi connectivity index (χ1v) is 6.06. The second-order valence-electron chi connectivity index (χ2n) is 4.57. The van der Waals surface area contributed by atoms with Crippen LogP contribution in [0.1, 0.15) is 20.7 Å². The molecule has 1 aliphatic heterocycles. The van der Waals surface area contributed by atoms with Crippen molar-refractivity contribution in [3.05, 3.63) is 57.9 Å². The average molecular weight is 302 g/mol. The Balaban J connectivity index is 2.33. The van der Waals surface area contributed by atoms with Crippen LogP contribution in [-0.4, -0.2) is 22.2 Å². The molecule has 0 atom stereocenters. The summed E-state index contributed by atoms with van der Waals surface area (Å²) in [5, 5.41) is 43.3. The Morgan fingerprint density at radius 1 is 0.955 bits per heavy atom. The summed E-state index contributed by atoms with van der Waals surface area (Å²) in [5.74, 6) is -3.47. The number of benzene rings is 2. The molecule has 0 radical (unpaired) electrons. The summed E-state index contributed by atoms with van der Waals surface area (Å²) in [4.78, 5) is 20.0. The van der Waals surface area contributed by atoms with Crippen LogP contribution in [0, 0.1) is 10.4 Å². The van der Waals surface area contributed by atoms with Crippen molar-refractivity contribution in [3.8, 4) is 11.5 Å². The topological polar surface area (TPSA) is 130 Å². The minimum atomic E-state index is -2.41.